The Morgan fingerprint density at radius 3 is 2.81 bits per heavy atom. The second kappa shape index (κ2) is 6.83. The van der Waals surface area contributed by atoms with Crippen molar-refractivity contribution in [2.45, 2.75) is 25.9 Å². The average Bonchev–Trinajstić information content (AvgIpc) is 2.69. The summed E-state index contributed by atoms with van der Waals surface area (Å²) in [6.07, 6.45) is 0. The SMILES string of the molecule is COCC(C)NC(=S)NC(C)c1ccsc1. The van der Waals surface area contributed by atoms with Gasteiger partial charge in [0.1, 0.15) is 0 Å². The lowest BCUT2D eigenvalue weighted by Crippen LogP contribution is -2.43. The van der Waals surface area contributed by atoms with E-state index in [1.165, 1.54) is 5.56 Å². The van der Waals surface area contributed by atoms with E-state index in [4.69, 9.17) is 17.0 Å². The first-order chi connectivity index (χ1) is 7.63. The Bertz CT molecular complexity index is 314. The van der Waals surface area contributed by atoms with Gasteiger partial charge in [-0.1, -0.05) is 0 Å². The summed E-state index contributed by atoms with van der Waals surface area (Å²) in [5, 5.41) is 11.3. The minimum atomic E-state index is 0.222. The van der Waals surface area contributed by atoms with E-state index in [9.17, 15) is 0 Å². The molecule has 0 aliphatic heterocycles. The van der Waals surface area contributed by atoms with E-state index in [0.29, 0.717) is 11.7 Å². The third kappa shape index (κ3) is 4.47. The molecule has 2 N–H and O–H groups in total. The molecule has 90 valence electrons. The molecule has 0 bridgehead atoms. The highest BCUT2D eigenvalue weighted by molar-refractivity contribution is 7.80. The van der Waals surface area contributed by atoms with E-state index >= 15 is 0 Å². The molecular weight excluding hydrogens is 240 g/mol. The summed E-state index contributed by atoms with van der Waals surface area (Å²) >= 11 is 6.91. The highest BCUT2D eigenvalue weighted by atomic mass is 32.1. The van der Waals surface area contributed by atoms with Crippen LogP contribution >= 0.6 is 23.6 Å². The summed E-state index contributed by atoms with van der Waals surface area (Å²) in [5.41, 5.74) is 1.26. The van der Waals surface area contributed by atoms with Gasteiger partial charge in [0.15, 0.2) is 5.11 Å². The van der Waals surface area contributed by atoms with E-state index in [1.807, 2.05) is 6.92 Å². The highest BCUT2D eigenvalue weighted by Crippen LogP contribution is 2.15. The van der Waals surface area contributed by atoms with Crippen LogP contribution in [0.4, 0.5) is 0 Å². The molecule has 0 spiro atoms. The zero-order valence-electron chi connectivity index (χ0n) is 9.82. The van der Waals surface area contributed by atoms with Crippen LogP contribution in [0.1, 0.15) is 25.5 Å². The van der Waals surface area contributed by atoms with Gasteiger partial charge in [-0.15, -0.1) is 0 Å². The van der Waals surface area contributed by atoms with Gasteiger partial charge in [-0.3, -0.25) is 0 Å². The summed E-state index contributed by atoms with van der Waals surface area (Å²) < 4.78 is 5.03. The van der Waals surface area contributed by atoms with Crippen LogP contribution in [-0.2, 0) is 4.74 Å². The van der Waals surface area contributed by atoms with Gasteiger partial charge < -0.3 is 15.4 Å². The van der Waals surface area contributed by atoms with Gasteiger partial charge in [0.25, 0.3) is 0 Å². The molecular formula is C11H18N2OS2. The summed E-state index contributed by atoms with van der Waals surface area (Å²) in [6.45, 7) is 4.78. The number of thiocarbonyl (C=S) groups is 1. The van der Waals surface area contributed by atoms with Crippen molar-refractivity contribution in [3.05, 3.63) is 22.4 Å². The van der Waals surface area contributed by atoms with Crippen molar-refractivity contribution in [3.63, 3.8) is 0 Å². The van der Waals surface area contributed by atoms with Crippen LogP contribution in [-0.4, -0.2) is 24.9 Å². The molecule has 3 nitrogen and oxygen atoms in total. The van der Waals surface area contributed by atoms with E-state index in [-0.39, 0.29) is 12.1 Å². The molecule has 1 aromatic heterocycles. The molecule has 0 aliphatic rings. The first-order valence-electron chi connectivity index (χ1n) is 5.21. The summed E-state index contributed by atoms with van der Waals surface area (Å²) in [5.74, 6) is 0. The first kappa shape index (κ1) is 13.4. The molecule has 0 amide bonds. The van der Waals surface area contributed by atoms with Crippen molar-refractivity contribution in [1.29, 1.82) is 0 Å². The van der Waals surface area contributed by atoms with Crippen LogP contribution in [0, 0.1) is 0 Å². The van der Waals surface area contributed by atoms with Gasteiger partial charge in [-0.05, 0) is 48.5 Å². The number of methoxy groups -OCH3 is 1. The Morgan fingerprint density at radius 2 is 2.25 bits per heavy atom. The van der Waals surface area contributed by atoms with Crippen LogP contribution in [0.2, 0.25) is 0 Å². The molecule has 0 aromatic carbocycles. The van der Waals surface area contributed by atoms with Gasteiger partial charge in [-0.25, -0.2) is 0 Å². The Kier molecular flexibility index (Phi) is 5.73. The third-order valence-electron chi connectivity index (χ3n) is 2.18. The molecule has 1 aromatic rings. The van der Waals surface area contributed by atoms with Crippen molar-refractivity contribution in [1.82, 2.24) is 10.6 Å². The largest absolute Gasteiger partial charge is 0.383 e. The molecule has 1 rings (SSSR count). The van der Waals surface area contributed by atoms with Crippen LogP contribution in [0.25, 0.3) is 0 Å². The topological polar surface area (TPSA) is 33.3 Å². The number of hydrogen-bond acceptors (Lipinski definition) is 3. The van der Waals surface area contributed by atoms with Crippen LogP contribution in [0.15, 0.2) is 16.8 Å². The highest BCUT2D eigenvalue weighted by Gasteiger charge is 2.08. The maximum absolute atomic E-state index is 5.22. The second-order valence-corrected chi connectivity index (χ2v) is 4.94. The Morgan fingerprint density at radius 1 is 1.50 bits per heavy atom. The zero-order valence-corrected chi connectivity index (χ0v) is 11.5. The number of thiophene rings is 1. The lowest BCUT2D eigenvalue weighted by molar-refractivity contribution is 0.179. The minimum absolute atomic E-state index is 0.222. The molecule has 0 saturated carbocycles. The molecule has 0 saturated heterocycles. The van der Waals surface area contributed by atoms with E-state index < -0.39 is 0 Å². The van der Waals surface area contributed by atoms with E-state index in [1.54, 1.807) is 18.4 Å². The van der Waals surface area contributed by atoms with Crippen molar-refractivity contribution < 1.29 is 4.74 Å². The lowest BCUT2D eigenvalue weighted by atomic mass is 10.2. The molecule has 0 fully saturated rings. The fourth-order valence-corrected chi connectivity index (χ4v) is 2.49. The van der Waals surface area contributed by atoms with Crippen molar-refractivity contribution in [2.75, 3.05) is 13.7 Å². The standard InChI is InChI=1S/C11H18N2OS2/c1-8(6-14-3)12-11(15)13-9(2)10-4-5-16-7-10/h4-5,7-9H,6H2,1-3H3,(H2,12,13,15). The van der Waals surface area contributed by atoms with Gasteiger partial charge in [-0.2, -0.15) is 11.3 Å². The summed E-state index contributed by atoms with van der Waals surface area (Å²) in [4.78, 5) is 0. The predicted molar refractivity (Wildman–Crippen MR) is 72.9 cm³/mol. The Labute approximate surface area is 106 Å². The molecule has 0 aliphatic carbocycles. The molecule has 5 heteroatoms. The Balaban J connectivity index is 2.34. The fraction of sp³-hybridized carbons (Fsp3) is 0.545. The van der Waals surface area contributed by atoms with Crippen LogP contribution in [0.3, 0.4) is 0 Å². The maximum atomic E-state index is 5.22. The number of ether oxygens (including phenoxy) is 1. The summed E-state index contributed by atoms with van der Waals surface area (Å²) in [7, 11) is 1.68. The van der Waals surface area contributed by atoms with Gasteiger partial charge in [0.05, 0.1) is 12.6 Å². The van der Waals surface area contributed by atoms with Gasteiger partial charge in [0.2, 0.25) is 0 Å². The minimum Gasteiger partial charge on any atom is -0.383 e. The van der Waals surface area contributed by atoms with Crippen LogP contribution < -0.4 is 10.6 Å². The van der Waals surface area contributed by atoms with E-state index in [2.05, 4.69) is 34.4 Å². The smallest absolute Gasteiger partial charge is 0.167 e. The first-order valence-corrected chi connectivity index (χ1v) is 6.56. The average molecular weight is 258 g/mol. The van der Waals surface area contributed by atoms with Crippen molar-refractivity contribution >= 4 is 28.7 Å². The number of rotatable bonds is 5. The van der Waals surface area contributed by atoms with Crippen molar-refractivity contribution in [2.24, 2.45) is 0 Å². The van der Waals surface area contributed by atoms with E-state index in [0.717, 1.165) is 0 Å². The lowest BCUT2D eigenvalue weighted by Gasteiger charge is -2.19. The Hall–Kier alpha value is -0.650. The molecule has 2 atom stereocenters. The maximum Gasteiger partial charge on any atom is 0.167 e. The number of nitrogens with one attached hydrogen (secondary N) is 2. The van der Waals surface area contributed by atoms with Gasteiger partial charge >= 0.3 is 0 Å². The normalized spacial score (nSPS) is 14.2. The third-order valence-corrected chi connectivity index (χ3v) is 3.12. The molecule has 16 heavy (non-hydrogen) atoms. The monoisotopic (exact) mass is 258 g/mol. The molecule has 2 unspecified atom stereocenters. The van der Waals surface area contributed by atoms with Crippen LogP contribution in [0.5, 0.6) is 0 Å². The summed E-state index contributed by atoms with van der Waals surface area (Å²) in [6, 6.07) is 2.56. The second-order valence-electron chi connectivity index (χ2n) is 3.75. The van der Waals surface area contributed by atoms with Gasteiger partial charge in [0, 0.05) is 13.2 Å². The zero-order chi connectivity index (χ0) is 12.0. The predicted octanol–water partition coefficient (Wildman–Crippen LogP) is 2.31. The molecule has 0 radical (unpaired) electrons. The molecule has 1 heterocycles. The van der Waals surface area contributed by atoms with Crippen molar-refractivity contribution in [3.8, 4) is 0 Å². The quantitative estimate of drug-likeness (QED) is 0.794. The number of hydrogen-bond donors (Lipinski definition) is 2. The fourth-order valence-electron chi connectivity index (χ4n) is 1.36.